The number of benzene rings is 2. The lowest BCUT2D eigenvalue weighted by Gasteiger charge is -2.16. The van der Waals surface area contributed by atoms with Crippen molar-refractivity contribution in [2.45, 2.75) is 33.1 Å². The Morgan fingerprint density at radius 2 is 1.69 bits per heavy atom. The number of aromatic nitrogens is 1. The molecule has 0 aliphatic rings. The first-order chi connectivity index (χ1) is 17.2. The summed E-state index contributed by atoms with van der Waals surface area (Å²) in [5.74, 6) is 0.315. The van der Waals surface area contributed by atoms with Crippen molar-refractivity contribution in [2.75, 3.05) is 21.3 Å². The molecule has 0 spiro atoms. The van der Waals surface area contributed by atoms with Crippen molar-refractivity contribution >= 4 is 57.8 Å². The van der Waals surface area contributed by atoms with Gasteiger partial charge >= 0.3 is 5.76 Å². The van der Waals surface area contributed by atoms with Crippen LogP contribution in [-0.4, -0.2) is 35.1 Å². The summed E-state index contributed by atoms with van der Waals surface area (Å²) in [5.41, 5.74) is 6.88. The monoisotopic (exact) mass is 621 g/mol. The number of nitrogens with zero attached hydrogens (tertiary/aromatic N) is 3. The highest BCUT2D eigenvalue weighted by molar-refractivity contribution is 9.18. The van der Waals surface area contributed by atoms with Gasteiger partial charge in [0.25, 0.3) is 0 Å². The van der Waals surface area contributed by atoms with Gasteiger partial charge in [0.15, 0.2) is 10.2 Å². The summed E-state index contributed by atoms with van der Waals surface area (Å²) in [7, 11) is 6.36. The van der Waals surface area contributed by atoms with Gasteiger partial charge in [-0.25, -0.2) is 4.79 Å². The van der Waals surface area contributed by atoms with E-state index >= 15 is 0 Å². The molecule has 192 valence electrons. The summed E-state index contributed by atoms with van der Waals surface area (Å²) in [6.07, 6.45) is 4.58. The molecule has 3 rings (SSSR count). The van der Waals surface area contributed by atoms with Crippen LogP contribution < -0.4 is 10.5 Å². The van der Waals surface area contributed by atoms with E-state index in [2.05, 4.69) is 54.3 Å². The van der Waals surface area contributed by atoms with Crippen molar-refractivity contribution in [2.24, 2.45) is 17.4 Å². The summed E-state index contributed by atoms with van der Waals surface area (Å²) >= 11 is 6.93. The molecule has 3 aromatic rings. The molecular formula is C26H29Br2N3O5. The molecule has 0 radical (unpaired) electrons. The number of oxazole rings is 1. The second-order valence-electron chi connectivity index (χ2n) is 8.17. The minimum atomic E-state index is -0.389. The third-order valence-electron chi connectivity index (χ3n) is 5.70. The Balaban J connectivity index is 2.19. The van der Waals surface area contributed by atoms with Crippen LogP contribution >= 0.6 is 31.9 Å². The molecule has 10 heteroatoms. The first kappa shape index (κ1) is 27.7. The zero-order valence-electron chi connectivity index (χ0n) is 21.1. The van der Waals surface area contributed by atoms with Crippen LogP contribution in [0.3, 0.4) is 0 Å². The third-order valence-corrected chi connectivity index (χ3v) is 6.81. The van der Waals surface area contributed by atoms with Gasteiger partial charge in [0.1, 0.15) is 24.6 Å². The number of halogens is 2. The van der Waals surface area contributed by atoms with E-state index in [1.54, 1.807) is 14.2 Å². The maximum Gasteiger partial charge on any atom is 0.419 e. The van der Waals surface area contributed by atoms with Crippen molar-refractivity contribution in [3.8, 4) is 5.75 Å². The highest BCUT2D eigenvalue weighted by atomic mass is 79.9. The molecule has 8 nitrogen and oxygen atoms in total. The van der Waals surface area contributed by atoms with Crippen molar-refractivity contribution in [1.29, 1.82) is 0 Å². The largest absolute Gasteiger partial charge is 0.496 e. The van der Waals surface area contributed by atoms with E-state index < -0.39 is 0 Å². The molecule has 2 aromatic carbocycles. The molecule has 0 fully saturated rings. The number of fused-ring (bicyclic) bond motifs is 1. The van der Waals surface area contributed by atoms with E-state index in [1.165, 1.54) is 18.8 Å². The summed E-state index contributed by atoms with van der Waals surface area (Å²) in [5, 5.41) is 7.97. The van der Waals surface area contributed by atoms with Gasteiger partial charge in [0.05, 0.1) is 18.2 Å². The molecular weight excluding hydrogens is 594 g/mol. The van der Waals surface area contributed by atoms with Gasteiger partial charge < -0.3 is 18.8 Å². The van der Waals surface area contributed by atoms with E-state index in [0.717, 1.165) is 62.8 Å². The minimum Gasteiger partial charge on any atom is -0.496 e. The SMILES string of the molecule is CO/N=C(\Br)CCC/C=C(/c1cc(C)c(OC)c(/C(Br)=N/OC)c1)c1cc(C)c2oc(=O)n(C)c2c1. The van der Waals surface area contributed by atoms with E-state index in [-0.39, 0.29) is 5.76 Å². The van der Waals surface area contributed by atoms with Gasteiger partial charge in [0.2, 0.25) is 0 Å². The lowest BCUT2D eigenvalue weighted by molar-refractivity contribution is 0.214. The number of aryl methyl sites for hydroxylation is 3. The van der Waals surface area contributed by atoms with Gasteiger partial charge in [-0.1, -0.05) is 16.4 Å². The number of methoxy groups -OCH3 is 1. The van der Waals surface area contributed by atoms with Gasteiger partial charge in [-0.15, -0.1) is 0 Å². The number of unbranched alkanes of at least 4 members (excludes halogenated alkanes) is 1. The zero-order valence-corrected chi connectivity index (χ0v) is 24.3. The molecule has 0 bridgehead atoms. The molecule has 0 N–H and O–H groups in total. The van der Waals surface area contributed by atoms with Crippen LogP contribution in [0.4, 0.5) is 0 Å². The summed E-state index contributed by atoms with van der Waals surface area (Å²) < 4.78 is 13.9. The van der Waals surface area contributed by atoms with Gasteiger partial charge in [0, 0.05) is 13.5 Å². The fourth-order valence-electron chi connectivity index (χ4n) is 4.07. The van der Waals surface area contributed by atoms with Crippen LogP contribution in [0.5, 0.6) is 5.75 Å². The predicted octanol–water partition coefficient (Wildman–Crippen LogP) is 6.42. The van der Waals surface area contributed by atoms with Crippen molar-refractivity contribution < 1.29 is 18.8 Å². The Morgan fingerprint density at radius 1 is 1.03 bits per heavy atom. The Hall–Kier alpha value is -2.85. The zero-order chi connectivity index (χ0) is 26.4. The number of hydrogen-bond acceptors (Lipinski definition) is 7. The van der Waals surface area contributed by atoms with Gasteiger partial charge in [-0.3, -0.25) is 4.57 Å². The Labute approximate surface area is 226 Å². The van der Waals surface area contributed by atoms with E-state index in [0.29, 0.717) is 16.0 Å². The number of rotatable bonds is 10. The Morgan fingerprint density at radius 3 is 2.36 bits per heavy atom. The normalized spacial score (nSPS) is 12.8. The molecule has 0 atom stereocenters. The van der Waals surface area contributed by atoms with Gasteiger partial charge in [-0.05, 0) is 111 Å². The summed E-state index contributed by atoms with van der Waals surface area (Å²) in [6.45, 7) is 3.93. The summed E-state index contributed by atoms with van der Waals surface area (Å²) in [4.78, 5) is 22.0. The molecule has 0 saturated heterocycles. The Bertz CT molecular complexity index is 1400. The number of hydrogen-bond donors (Lipinski definition) is 0. The number of oxime groups is 2. The van der Waals surface area contributed by atoms with Crippen LogP contribution in [0, 0.1) is 13.8 Å². The molecule has 0 aliphatic carbocycles. The van der Waals surface area contributed by atoms with Crippen LogP contribution in [-0.2, 0) is 16.7 Å². The topological polar surface area (TPSA) is 87.6 Å². The average molecular weight is 623 g/mol. The molecule has 0 saturated carbocycles. The average Bonchev–Trinajstić information content (AvgIpc) is 3.13. The fourth-order valence-corrected chi connectivity index (χ4v) is 4.94. The minimum absolute atomic E-state index is 0.389. The second-order valence-corrected chi connectivity index (χ2v) is 9.83. The molecule has 0 amide bonds. The van der Waals surface area contributed by atoms with Crippen LogP contribution in [0.1, 0.15) is 47.1 Å². The van der Waals surface area contributed by atoms with Crippen LogP contribution in [0.15, 0.2) is 49.9 Å². The Kier molecular flexibility index (Phi) is 9.56. The van der Waals surface area contributed by atoms with Crippen molar-refractivity contribution in [3.63, 3.8) is 0 Å². The lowest BCUT2D eigenvalue weighted by atomic mass is 9.92. The van der Waals surface area contributed by atoms with E-state index in [1.807, 2.05) is 32.0 Å². The lowest BCUT2D eigenvalue weighted by Crippen LogP contribution is -2.08. The first-order valence-corrected chi connectivity index (χ1v) is 12.8. The number of ether oxygens (including phenoxy) is 1. The van der Waals surface area contributed by atoms with Crippen molar-refractivity contribution in [1.82, 2.24) is 4.57 Å². The maximum atomic E-state index is 12.2. The van der Waals surface area contributed by atoms with Gasteiger partial charge in [-0.2, -0.15) is 0 Å². The maximum absolute atomic E-state index is 12.2. The fraction of sp³-hybridized carbons (Fsp3) is 0.346. The third kappa shape index (κ3) is 6.10. The predicted molar refractivity (Wildman–Crippen MR) is 151 cm³/mol. The van der Waals surface area contributed by atoms with E-state index in [9.17, 15) is 4.79 Å². The second kappa shape index (κ2) is 12.4. The molecule has 1 aromatic heterocycles. The van der Waals surface area contributed by atoms with Crippen LogP contribution in [0.25, 0.3) is 16.7 Å². The number of allylic oxidation sites excluding steroid dienone is 1. The summed E-state index contributed by atoms with van der Waals surface area (Å²) in [6, 6.07) is 8.12. The highest BCUT2D eigenvalue weighted by Gasteiger charge is 2.18. The molecule has 0 aliphatic heterocycles. The molecule has 36 heavy (non-hydrogen) atoms. The highest BCUT2D eigenvalue weighted by Crippen LogP contribution is 2.35. The smallest absolute Gasteiger partial charge is 0.419 e. The molecule has 0 unspecified atom stereocenters. The van der Waals surface area contributed by atoms with E-state index in [4.69, 9.17) is 18.8 Å². The first-order valence-electron chi connectivity index (χ1n) is 11.2. The standard InChI is InChI=1S/C26H29Br2N3O5/c1-15-11-17(13-20(23(15)33-4)25(28)30-35-6)19(9-7-8-10-22(27)29-34-5)18-12-16(2)24-21(14-18)31(3)26(32)36-24/h9,11-14H,7-8,10H2,1-6H3/b19-9-,29-22-,30-25-. The van der Waals surface area contributed by atoms with Crippen molar-refractivity contribution in [3.05, 3.63) is 68.7 Å². The quantitative estimate of drug-likeness (QED) is 0.148. The van der Waals surface area contributed by atoms with Crippen LogP contribution in [0.2, 0.25) is 0 Å². The molecule has 1 heterocycles.